The van der Waals surface area contributed by atoms with Gasteiger partial charge in [0.2, 0.25) is 0 Å². The van der Waals surface area contributed by atoms with Gasteiger partial charge in [0, 0.05) is 25.5 Å². The van der Waals surface area contributed by atoms with E-state index >= 15 is 0 Å². The molecule has 4 aromatic rings. The molecule has 0 unspecified atom stereocenters. The maximum atomic E-state index is 13.1. The van der Waals surface area contributed by atoms with Gasteiger partial charge in [-0.05, 0) is 24.5 Å². The molecule has 6 heteroatoms. The van der Waals surface area contributed by atoms with Gasteiger partial charge < -0.3 is 9.30 Å². The Morgan fingerprint density at radius 2 is 1.93 bits per heavy atom. The van der Waals surface area contributed by atoms with Crippen molar-refractivity contribution in [2.45, 2.75) is 38.3 Å². The molecule has 28 heavy (non-hydrogen) atoms. The van der Waals surface area contributed by atoms with Crippen LogP contribution in [-0.2, 0) is 11.3 Å². The molecule has 0 amide bonds. The van der Waals surface area contributed by atoms with E-state index in [9.17, 15) is 4.79 Å². The molecule has 6 nitrogen and oxygen atoms in total. The van der Waals surface area contributed by atoms with E-state index in [4.69, 9.17) is 9.84 Å². The van der Waals surface area contributed by atoms with Crippen LogP contribution in [0.5, 0.6) is 0 Å². The van der Waals surface area contributed by atoms with E-state index in [1.54, 1.807) is 17.8 Å². The van der Waals surface area contributed by atoms with E-state index < -0.39 is 0 Å². The van der Waals surface area contributed by atoms with E-state index in [2.05, 4.69) is 4.98 Å². The Bertz CT molecular complexity index is 1200. The fraction of sp³-hybridized carbons (Fsp3) is 0.318. The summed E-state index contributed by atoms with van der Waals surface area (Å²) in [6.07, 6.45) is 8.12. The van der Waals surface area contributed by atoms with Crippen LogP contribution in [-0.4, -0.2) is 26.3 Å². The number of methoxy groups -OCH3 is 1. The summed E-state index contributed by atoms with van der Waals surface area (Å²) in [4.78, 5) is 17.8. The molecule has 0 atom stereocenters. The molecular formula is C22H22N4O2. The molecule has 0 N–H and O–H groups in total. The minimum atomic E-state index is 0.0175. The van der Waals surface area contributed by atoms with Gasteiger partial charge in [0.1, 0.15) is 0 Å². The number of ether oxygens (including phenoxy) is 1. The summed E-state index contributed by atoms with van der Waals surface area (Å²) in [5.41, 5.74) is 4.34. The van der Waals surface area contributed by atoms with Crippen molar-refractivity contribution in [3.05, 3.63) is 64.8 Å². The average molecular weight is 374 g/mol. The van der Waals surface area contributed by atoms with Gasteiger partial charge in [0.15, 0.2) is 5.65 Å². The molecule has 0 spiro atoms. The summed E-state index contributed by atoms with van der Waals surface area (Å²) < 4.78 is 9.03. The fourth-order valence-electron chi connectivity index (χ4n) is 4.34. The lowest BCUT2D eigenvalue weighted by molar-refractivity contribution is 0.181. The van der Waals surface area contributed by atoms with Crippen molar-refractivity contribution < 1.29 is 4.74 Å². The first-order chi connectivity index (χ1) is 13.8. The van der Waals surface area contributed by atoms with Crippen molar-refractivity contribution in [2.24, 2.45) is 0 Å². The van der Waals surface area contributed by atoms with Gasteiger partial charge in [0.25, 0.3) is 5.56 Å². The number of pyridine rings is 1. The van der Waals surface area contributed by atoms with Crippen LogP contribution in [0.1, 0.15) is 37.4 Å². The number of hydrogen-bond donors (Lipinski definition) is 0. The Morgan fingerprint density at radius 1 is 1.14 bits per heavy atom. The van der Waals surface area contributed by atoms with E-state index in [-0.39, 0.29) is 5.56 Å². The van der Waals surface area contributed by atoms with E-state index in [0.29, 0.717) is 18.0 Å². The highest BCUT2D eigenvalue weighted by Crippen LogP contribution is 2.31. The van der Waals surface area contributed by atoms with Crippen LogP contribution >= 0.6 is 0 Å². The van der Waals surface area contributed by atoms with Gasteiger partial charge in [-0.1, -0.05) is 43.2 Å². The molecule has 142 valence electrons. The van der Waals surface area contributed by atoms with Gasteiger partial charge in [-0.15, -0.1) is 0 Å². The number of nitrogens with zero attached hydrogens (tertiary/aromatic N) is 4. The molecule has 0 bridgehead atoms. The highest BCUT2D eigenvalue weighted by Gasteiger charge is 2.21. The predicted molar refractivity (Wildman–Crippen MR) is 108 cm³/mol. The van der Waals surface area contributed by atoms with Gasteiger partial charge in [0.05, 0.1) is 28.8 Å². The first kappa shape index (κ1) is 17.1. The maximum Gasteiger partial charge on any atom is 0.261 e. The molecule has 5 rings (SSSR count). The number of rotatable bonds is 4. The molecule has 3 aromatic heterocycles. The molecule has 0 aliphatic heterocycles. The molecule has 0 radical (unpaired) electrons. The Labute approximate surface area is 162 Å². The lowest BCUT2D eigenvalue weighted by Crippen LogP contribution is -2.23. The SMILES string of the molecule is COCc1nn2c(ncc3c(=O)n(C4CCCC4)ccc32)c1-c1ccccc1. The van der Waals surface area contributed by atoms with Gasteiger partial charge >= 0.3 is 0 Å². The second-order valence-electron chi connectivity index (χ2n) is 7.38. The highest BCUT2D eigenvalue weighted by atomic mass is 16.5. The van der Waals surface area contributed by atoms with Crippen LogP contribution in [0.15, 0.2) is 53.6 Å². The zero-order chi connectivity index (χ0) is 19.1. The Kier molecular flexibility index (Phi) is 4.20. The number of hydrogen-bond acceptors (Lipinski definition) is 4. The summed E-state index contributed by atoms with van der Waals surface area (Å²) >= 11 is 0. The topological polar surface area (TPSA) is 61.4 Å². The van der Waals surface area contributed by atoms with Crippen LogP contribution in [0.2, 0.25) is 0 Å². The van der Waals surface area contributed by atoms with Crippen molar-refractivity contribution in [3.63, 3.8) is 0 Å². The van der Waals surface area contributed by atoms with Crippen molar-refractivity contribution in [1.82, 2.24) is 19.2 Å². The highest BCUT2D eigenvalue weighted by molar-refractivity contribution is 5.86. The Balaban J connectivity index is 1.76. The lowest BCUT2D eigenvalue weighted by Gasteiger charge is -2.14. The van der Waals surface area contributed by atoms with Crippen LogP contribution in [0.4, 0.5) is 0 Å². The molecule has 3 heterocycles. The summed E-state index contributed by atoms with van der Waals surface area (Å²) in [6, 6.07) is 12.4. The smallest absolute Gasteiger partial charge is 0.261 e. The third-order valence-electron chi connectivity index (χ3n) is 5.67. The molecule has 1 fully saturated rings. The minimum Gasteiger partial charge on any atom is -0.378 e. The third-order valence-corrected chi connectivity index (χ3v) is 5.67. The first-order valence-corrected chi connectivity index (χ1v) is 9.74. The third kappa shape index (κ3) is 2.64. The van der Waals surface area contributed by atoms with Gasteiger partial charge in [-0.3, -0.25) is 4.79 Å². The minimum absolute atomic E-state index is 0.0175. The van der Waals surface area contributed by atoms with Crippen LogP contribution in [0, 0.1) is 0 Å². The standard InChI is InChI=1S/C22H22N4O2/c1-28-14-18-20(15-7-3-2-4-8-15)21-23-13-17-19(26(21)24-18)11-12-25(22(17)27)16-9-5-6-10-16/h2-4,7-8,11-13,16H,5-6,9-10,14H2,1H3. The van der Waals surface area contributed by atoms with E-state index in [1.165, 1.54) is 12.8 Å². The van der Waals surface area contributed by atoms with Gasteiger partial charge in [-0.2, -0.15) is 5.10 Å². The lowest BCUT2D eigenvalue weighted by atomic mass is 10.1. The molecule has 0 saturated heterocycles. The fourth-order valence-corrected chi connectivity index (χ4v) is 4.34. The average Bonchev–Trinajstić information content (AvgIpc) is 3.37. The van der Waals surface area contributed by atoms with Crippen molar-refractivity contribution in [1.29, 1.82) is 0 Å². The maximum absolute atomic E-state index is 13.1. The summed E-state index contributed by atoms with van der Waals surface area (Å²) in [5, 5.41) is 5.36. The van der Waals surface area contributed by atoms with E-state index in [1.807, 2.05) is 47.2 Å². The van der Waals surface area contributed by atoms with Crippen LogP contribution in [0.25, 0.3) is 27.7 Å². The summed E-state index contributed by atoms with van der Waals surface area (Å²) in [7, 11) is 1.66. The van der Waals surface area contributed by atoms with Crippen LogP contribution < -0.4 is 5.56 Å². The Hall–Kier alpha value is -2.99. The Morgan fingerprint density at radius 3 is 2.68 bits per heavy atom. The van der Waals surface area contributed by atoms with E-state index in [0.717, 1.165) is 40.8 Å². The zero-order valence-corrected chi connectivity index (χ0v) is 15.8. The van der Waals surface area contributed by atoms with Crippen molar-refractivity contribution >= 4 is 16.6 Å². The molecule has 1 saturated carbocycles. The van der Waals surface area contributed by atoms with Crippen molar-refractivity contribution in [2.75, 3.05) is 7.11 Å². The van der Waals surface area contributed by atoms with Crippen LogP contribution in [0.3, 0.4) is 0 Å². The molecule has 1 aromatic carbocycles. The summed E-state index contributed by atoms with van der Waals surface area (Å²) in [6.45, 7) is 0.383. The molecule has 1 aliphatic rings. The number of aromatic nitrogens is 4. The number of fused-ring (bicyclic) bond motifs is 3. The summed E-state index contributed by atoms with van der Waals surface area (Å²) in [5.74, 6) is 0. The quantitative estimate of drug-likeness (QED) is 0.542. The second kappa shape index (κ2) is 6.87. The monoisotopic (exact) mass is 374 g/mol. The largest absolute Gasteiger partial charge is 0.378 e. The normalized spacial score (nSPS) is 15.0. The first-order valence-electron chi connectivity index (χ1n) is 9.74. The second-order valence-corrected chi connectivity index (χ2v) is 7.38. The number of benzene rings is 1. The van der Waals surface area contributed by atoms with Gasteiger partial charge in [-0.25, -0.2) is 9.50 Å². The van der Waals surface area contributed by atoms with Crippen molar-refractivity contribution in [3.8, 4) is 11.1 Å². The molecule has 1 aliphatic carbocycles. The zero-order valence-electron chi connectivity index (χ0n) is 15.8. The predicted octanol–water partition coefficient (Wildman–Crippen LogP) is 3.97. The molecular weight excluding hydrogens is 352 g/mol.